The second-order valence-corrected chi connectivity index (χ2v) is 7.55. The number of carboxylic acids is 1. The SMILES string of the molecule is Cc1cccc(Oc2ccc3c(c2)CCCC3CCc2cnccc2C(=O)O)n1. The van der Waals surface area contributed by atoms with Crippen molar-refractivity contribution >= 4 is 5.97 Å². The van der Waals surface area contributed by atoms with Crippen LogP contribution in [0.5, 0.6) is 11.6 Å². The zero-order chi connectivity index (χ0) is 20.2. The van der Waals surface area contributed by atoms with Crippen molar-refractivity contribution in [1.82, 2.24) is 9.97 Å². The van der Waals surface area contributed by atoms with Gasteiger partial charge in [0.25, 0.3) is 0 Å². The van der Waals surface area contributed by atoms with Crippen LogP contribution in [0.2, 0.25) is 0 Å². The van der Waals surface area contributed by atoms with E-state index in [4.69, 9.17) is 4.74 Å². The average molecular weight is 388 g/mol. The maximum absolute atomic E-state index is 11.4. The molecule has 1 atom stereocenters. The van der Waals surface area contributed by atoms with E-state index < -0.39 is 5.97 Å². The molecule has 5 nitrogen and oxygen atoms in total. The summed E-state index contributed by atoms with van der Waals surface area (Å²) in [6.45, 7) is 1.95. The quantitative estimate of drug-likeness (QED) is 0.618. The predicted molar refractivity (Wildman–Crippen MR) is 111 cm³/mol. The summed E-state index contributed by atoms with van der Waals surface area (Å²) in [5.74, 6) is 0.947. The fourth-order valence-electron chi connectivity index (χ4n) is 4.12. The van der Waals surface area contributed by atoms with Crippen molar-refractivity contribution < 1.29 is 14.6 Å². The summed E-state index contributed by atoms with van der Waals surface area (Å²) in [5, 5.41) is 9.38. The van der Waals surface area contributed by atoms with Crippen molar-refractivity contribution in [2.75, 3.05) is 0 Å². The molecular formula is C24H24N2O3. The van der Waals surface area contributed by atoms with Crippen LogP contribution in [0.15, 0.2) is 54.9 Å². The molecule has 0 saturated heterocycles. The monoisotopic (exact) mass is 388 g/mol. The van der Waals surface area contributed by atoms with Crippen LogP contribution in [-0.4, -0.2) is 21.0 Å². The Balaban J connectivity index is 1.49. The van der Waals surface area contributed by atoms with Gasteiger partial charge in [-0.1, -0.05) is 12.1 Å². The van der Waals surface area contributed by atoms with Gasteiger partial charge in [-0.05, 0) is 85.9 Å². The highest BCUT2D eigenvalue weighted by Gasteiger charge is 2.22. The minimum Gasteiger partial charge on any atom is -0.478 e. The summed E-state index contributed by atoms with van der Waals surface area (Å²) in [4.78, 5) is 19.9. The van der Waals surface area contributed by atoms with Crippen molar-refractivity contribution in [2.24, 2.45) is 0 Å². The van der Waals surface area contributed by atoms with Crippen molar-refractivity contribution in [3.05, 3.63) is 82.8 Å². The fraction of sp³-hybridized carbons (Fsp3) is 0.292. The molecule has 0 radical (unpaired) electrons. The predicted octanol–water partition coefficient (Wildman–Crippen LogP) is 5.33. The molecule has 5 heteroatoms. The van der Waals surface area contributed by atoms with Gasteiger partial charge in [0.15, 0.2) is 0 Å². The summed E-state index contributed by atoms with van der Waals surface area (Å²) in [7, 11) is 0. The van der Waals surface area contributed by atoms with Crippen molar-refractivity contribution in [1.29, 1.82) is 0 Å². The molecule has 1 N–H and O–H groups in total. The van der Waals surface area contributed by atoms with Gasteiger partial charge in [0.05, 0.1) is 5.56 Å². The first-order chi connectivity index (χ1) is 14.1. The van der Waals surface area contributed by atoms with E-state index in [9.17, 15) is 9.90 Å². The number of carbonyl (C=O) groups is 1. The van der Waals surface area contributed by atoms with Crippen molar-refractivity contribution in [3.63, 3.8) is 0 Å². The smallest absolute Gasteiger partial charge is 0.336 e. The lowest BCUT2D eigenvalue weighted by Gasteiger charge is -2.26. The van der Waals surface area contributed by atoms with Gasteiger partial charge >= 0.3 is 5.97 Å². The third-order valence-electron chi connectivity index (χ3n) is 5.53. The number of aromatic carboxylic acids is 1. The highest BCUT2D eigenvalue weighted by molar-refractivity contribution is 5.89. The molecule has 2 aromatic heterocycles. The summed E-state index contributed by atoms with van der Waals surface area (Å²) in [5.41, 5.74) is 4.75. The van der Waals surface area contributed by atoms with Crippen LogP contribution in [0, 0.1) is 6.92 Å². The highest BCUT2D eigenvalue weighted by Crippen LogP contribution is 2.37. The summed E-state index contributed by atoms with van der Waals surface area (Å²) < 4.78 is 5.95. The van der Waals surface area contributed by atoms with Crippen LogP contribution in [0.25, 0.3) is 0 Å². The number of hydrogen-bond donors (Lipinski definition) is 1. The van der Waals surface area contributed by atoms with E-state index >= 15 is 0 Å². The number of aromatic nitrogens is 2. The number of nitrogens with zero attached hydrogens (tertiary/aromatic N) is 2. The maximum Gasteiger partial charge on any atom is 0.336 e. The number of ether oxygens (including phenoxy) is 1. The molecular weight excluding hydrogens is 364 g/mol. The molecule has 0 spiro atoms. The summed E-state index contributed by atoms with van der Waals surface area (Å²) in [6.07, 6.45) is 8.13. The van der Waals surface area contributed by atoms with Crippen LogP contribution in [-0.2, 0) is 12.8 Å². The Kier molecular flexibility index (Phi) is 5.56. The Morgan fingerprint density at radius 1 is 1.24 bits per heavy atom. The number of hydrogen-bond acceptors (Lipinski definition) is 4. The zero-order valence-corrected chi connectivity index (χ0v) is 16.5. The molecule has 3 aromatic rings. The van der Waals surface area contributed by atoms with Crippen molar-refractivity contribution in [3.8, 4) is 11.6 Å². The first-order valence-electron chi connectivity index (χ1n) is 10.0. The lowest BCUT2D eigenvalue weighted by molar-refractivity contribution is 0.0695. The number of aryl methyl sites for hydroxylation is 3. The van der Waals surface area contributed by atoms with E-state index in [1.807, 2.05) is 31.2 Å². The molecule has 1 aliphatic carbocycles. The van der Waals surface area contributed by atoms with E-state index in [1.165, 1.54) is 17.3 Å². The molecule has 1 aliphatic rings. The fourth-order valence-corrected chi connectivity index (χ4v) is 4.12. The molecule has 0 saturated carbocycles. The van der Waals surface area contributed by atoms with Gasteiger partial charge in [0.1, 0.15) is 5.75 Å². The Hall–Kier alpha value is -3.21. The third kappa shape index (κ3) is 4.45. The van der Waals surface area contributed by atoms with E-state index in [-0.39, 0.29) is 0 Å². The van der Waals surface area contributed by atoms with Crippen LogP contribution < -0.4 is 4.74 Å². The van der Waals surface area contributed by atoms with Crippen LogP contribution in [0.1, 0.15) is 57.9 Å². The van der Waals surface area contributed by atoms with Gasteiger partial charge < -0.3 is 9.84 Å². The maximum atomic E-state index is 11.4. The number of rotatable bonds is 6. The van der Waals surface area contributed by atoms with Gasteiger partial charge in [0, 0.05) is 24.2 Å². The van der Waals surface area contributed by atoms with Gasteiger partial charge in [-0.3, -0.25) is 4.98 Å². The summed E-state index contributed by atoms with van der Waals surface area (Å²) >= 11 is 0. The van der Waals surface area contributed by atoms with Gasteiger partial charge in [-0.15, -0.1) is 0 Å². The molecule has 1 unspecified atom stereocenters. The number of fused-ring (bicyclic) bond motifs is 1. The van der Waals surface area contributed by atoms with Gasteiger partial charge in [-0.25, -0.2) is 9.78 Å². The van der Waals surface area contributed by atoms with Crippen LogP contribution >= 0.6 is 0 Å². The first-order valence-corrected chi connectivity index (χ1v) is 10.0. The lowest BCUT2D eigenvalue weighted by atomic mass is 9.79. The normalized spacial score (nSPS) is 15.6. The Morgan fingerprint density at radius 2 is 2.14 bits per heavy atom. The lowest BCUT2D eigenvalue weighted by Crippen LogP contribution is -2.12. The Labute approximate surface area is 170 Å². The third-order valence-corrected chi connectivity index (χ3v) is 5.53. The Morgan fingerprint density at radius 3 is 2.97 bits per heavy atom. The largest absolute Gasteiger partial charge is 0.478 e. The van der Waals surface area contributed by atoms with E-state index in [0.29, 0.717) is 23.8 Å². The zero-order valence-electron chi connectivity index (χ0n) is 16.5. The van der Waals surface area contributed by atoms with Gasteiger partial charge in [-0.2, -0.15) is 0 Å². The number of pyridine rings is 2. The molecule has 2 heterocycles. The molecule has 0 aliphatic heterocycles. The molecule has 0 bridgehead atoms. The van der Waals surface area contributed by atoms with Crippen molar-refractivity contribution in [2.45, 2.75) is 44.9 Å². The highest BCUT2D eigenvalue weighted by atomic mass is 16.5. The topological polar surface area (TPSA) is 72.3 Å². The van der Waals surface area contributed by atoms with Gasteiger partial charge in [0.2, 0.25) is 5.88 Å². The molecule has 148 valence electrons. The molecule has 1 aromatic carbocycles. The molecule has 0 amide bonds. The van der Waals surface area contributed by atoms with E-state index in [0.717, 1.165) is 42.7 Å². The number of benzene rings is 1. The molecule has 29 heavy (non-hydrogen) atoms. The standard InChI is InChI=1S/C24H24N2O3/c1-16-4-2-7-23(26-16)29-20-10-11-21-17(5-3-6-18(21)14-20)8-9-19-15-25-13-12-22(19)24(27)28/h2,4,7,10-15,17H,3,5-6,8-9H2,1H3,(H,27,28). The minimum atomic E-state index is -0.891. The molecule has 4 rings (SSSR count). The van der Waals surface area contributed by atoms with Crippen LogP contribution in [0.4, 0.5) is 0 Å². The Bertz CT molecular complexity index is 1030. The number of carboxylic acid groups (broad SMARTS) is 1. The van der Waals surface area contributed by atoms with E-state index in [2.05, 4.69) is 22.1 Å². The summed E-state index contributed by atoms with van der Waals surface area (Å²) in [6, 6.07) is 13.6. The van der Waals surface area contributed by atoms with E-state index in [1.54, 1.807) is 12.3 Å². The second-order valence-electron chi connectivity index (χ2n) is 7.55. The van der Waals surface area contributed by atoms with Crippen LogP contribution in [0.3, 0.4) is 0 Å². The first kappa shape index (κ1) is 19.1. The minimum absolute atomic E-state index is 0.352. The molecule has 0 fully saturated rings. The average Bonchev–Trinajstić information content (AvgIpc) is 2.72. The second kappa shape index (κ2) is 8.43.